The van der Waals surface area contributed by atoms with E-state index < -0.39 is 22.6 Å². The first kappa shape index (κ1) is 23.6. The molecule has 178 valence electrons. The number of benzene rings is 2. The van der Waals surface area contributed by atoms with Crippen LogP contribution < -0.4 is 17.0 Å². The van der Waals surface area contributed by atoms with Crippen molar-refractivity contribution in [1.82, 2.24) is 19.1 Å². The maximum atomic E-state index is 13.3. The van der Waals surface area contributed by atoms with E-state index in [1.54, 1.807) is 6.07 Å². The van der Waals surface area contributed by atoms with Gasteiger partial charge in [-0.25, -0.2) is 9.78 Å². The lowest BCUT2D eigenvalue weighted by molar-refractivity contribution is 0.292. The number of imidazole rings is 1. The number of nitrogens with zero attached hydrogens (tertiary/aromatic N) is 3. The summed E-state index contributed by atoms with van der Waals surface area (Å²) < 4.78 is 26.7. The fourth-order valence-electron chi connectivity index (χ4n) is 3.83. The van der Waals surface area contributed by atoms with Gasteiger partial charge < -0.3 is 10.7 Å². The molecule has 0 aliphatic heterocycles. The predicted molar refractivity (Wildman–Crippen MR) is 130 cm³/mol. The van der Waals surface area contributed by atoms with Crippen molar-refractivity contribution in [2.24, 2.45) is 0 Å². The third kappa shape index (κ3) is 5.50. The van der Waals surface area contributed by atoms with Crippen LogP contribution in [-0.2, 0) is 41.5 Å². The van der Waals surface area contributed by atoms with Crippen LogP contribution in [0.15, 0.2) is 64.2 Å². The minimum Gasteiger partial charge on any atom is -0.399 e. The zero-order valence-electron chi connectivity index (χ0n) is 18.3. The third-order valence-corrected chi connectivity index (χ3v) is 5.78. The van der Waals surface area contributed by atoms with Crippen molar-refractivity contribution in [2.75, 3.05) is 12.3 Å². The van der Waals surface area contributed by atoms with Crippen molar-refractivity contribution in [3.05, 3.63) is 92.4 Å². The first-order valence-corrected chi connectivity index (χ1v) is 11.8. The number of aryl methyl sites for hydroxylation is 2. The van der Waals surface area contributed by atoms with Crippen LogP contribution in [0.1, 0.15) is 23.4 Å². The smallest absolute Gasteiger partial charge is 0.332 e. The van der Waals surface area contributed by atoms with Crippen LogP contribution in [-0.4, -0.2) is 34.5 Å². The Kier molecular flexibility index (Phi) is 7.36. The Morgan fingerprint density at radius 2 is 1.79 bits per heavy atom. The highest BCUT2D eigenvalue weighted by molar-refractivity contribution is 7.74. The van der Waals surface area contributed by atoms with Crippen LogP contribution in [0.3, 0.4) is 0 Å². The van der Waals surface area contributed by atoms with Gasteiger partial charge in [0.15, 0.2) is 5.65 Å². The van der Waals surface area contributed by atoms with Crippen molar-refractivity contribution in [3.63, 3.8) is 0 Å². The lowest BCUT2D eigenvalue weighted by Gasteiger charge is -2.11. The van der Waals surface area contributed by atoms with Gasteiger partial charge in [0.25, 0.3) is 5.56 Å². The van der Waals surface area contributed by atoms with Crippen LogP contribution >= 0.6 is 0 Å². The number of nitrogens with two attached hydrogens (primary N) is 1. The van der Waals surface area contributed by atoms with Gasteiger partial charge in [-0.3, -0.25) is 22.7 Å². The molecule has 0 amide bonds. The molecule has 2 heterocycles. The summed E-state index contributed by atoms with van der Waals surface area (Å²) in [5, 5.41) is 0. The number of H-pyrrole nitrogens is 1. The molecular weight excluding hydrogens is 458 g/mol. The maximum Gasteiger partial charge on any atom is 0.332 e. The summed E-state index contributed by atoms with van der Waals surface area (Å²) >= 11 is -2.40. The molecule has 0 fully saturated rings. The van der Waals surface area contributed by atoms with Crippen LogP contribution in [0.4, 0.5) is 5.69 Å². The van der Waals surface area contributed by atoms with Crippen molar-refractivity contribution >= 4 is 28.2 Å². The highest BCUT2D eigenvalue weighted by Crippen LogP contribution is 2.13. The summed E-state index contributed by atoms with van der Waals surface area (Å²) in [6.07, 6.45) is 1.22. The summed E-state index contributed by atoms with van der Waals surface area (Å²) in [5.74, 6) is 0.576. The normalized spacial score (nSPS) is 12.3. The molecule has 0 aliphatic carbocycles. The molecule has 1 atom stereocenters. The average molecular weight is 484 g/mol. The molecule has 0 bridgehead atoms. The van der Waals surface area contributed by atoms with Gasteiger partial charge in [-0.2, -0.15) is 4.21 Å². The van der Waals surface area contributed by atoms with Crippen molar-refractivity contribution in [3.8, 4) is 0 Å². The first-order valence-electron chi connectivity index (χ1n) is 10.8. The molecule has 4 rings (SSSR count). The number of nitrogen functional groups attached to an aromatic ring is 1. The standard InChI is InChI=1S/C23H25N5O5S/c24-18-9-4-8-17(14-18)10-12-27-21-20(25-19(26-21)15-16-6-2-1-3-7-16)22(29)28(23(27)30)11-5-13-33-34(31)32/h1-4,6-9,14H,5,10-13,15,24H2,(H,25,26)(H,31,32). The van der Waals surface area contributed by atoms with Gasteiger partial charge in [0.05, 0.1) is 6.61 Å². The van der Waals surface area contributed by atoms with Gasteiger partial charge in [0.1, 0.15) is 11.3 Å². The Morgan fingerprint density at radius 1 is 1.03 bits per heavy atom. The van der Waals surface area contributed by atoms with Gasteiger partial charge in [-0.15, -0.1) is 0 Å². The molecule has 0 aliphatic rings. The molecule has 2 aromatic heterocycles. The molecule has 0 saturated heterocycles. The number of nitrogens with one attached hydrogen (secondary N) is 1. The second-order valence-electron chi connectivity index (χ2n) is 7.82. The minimum absolute atomic E-state index is 0.0378. The average Bonchev–Trinajstić information content (AvgIpc) is 3.22. The molecule has 11 heteroatoms. The van der Waals surface area contributed by atoms with Crippen molar-refractivity contribution in [1.29, 1.82) is 0 Å². The summed E-state index contributed by atoms with van der Waals surface area (Å²) in [6.45, 7) is 0.264. The van der Waals surface area contributed by atoms with Crippen LogP contribution in [0.5, 0.6) is 0 Å². The third-order valence-electron chi connectivity index (χ3n) is 5.41. The Labute approximate surface area is 197 Å². The molecule has 34 heavy (non-hydrogen) atoms. The second-order valence-corrected chi connectivity index (χ2v) is 8.49. The number of hydrogen-bond acceptors (Lipinski definition) is 6. The molecule has 0 radical (unpaired) electrons. The van der Waals surface area contributed by atoms with E-state index in [-0.39, 0.29) is 25.1 Å². The SMILES string of the molecule is Nc1cccc(CCn2c(=O)n(CCCOS(=O)O)c(=O)c3[nH]c(Cc4ccccc4)nc32)c1. The molecule has 10 nitrogen and oxygen atoms in total. The molecule has 0 spiro atoms. The highest BCUT2D eigenvalue weighted by Gasteiger charge is 2.17. The number of aromatic amines is 1. The van der Waals surface area contributed by atoms with E-state index in [4.69, 9.17) is 10.3 Å². The molecule has 2 aromatic carbocycles. The fourth-order valence-corrected chi connectivity index (χ4v) is 4.09. The van der Waals surface area contributed by atoms with E-state index in [2.05, 4.69) is 14.2 Å². The largest absolute Gasteiger partial charge is 0.399 e. The van der Waals surface area contributed by atoms with Crippen LogP contribution in [0.2, 0.25) is 0 Å². The number of fused-ring (bicyclic) bond motifs is 1. The van der Waals surface area contributed by atoms with Crippen LogP contribution in [0.25, 0.3) is 11.2 Å². The molecular formula is C23H25N5O5S. The Hall–Kier alpha value is -3.54. The lowest BCUT2D eigenvalue weighted by Crippen LogP contribution is -2.40. The first-order chi connectivity index (χ1) is 16.4. The molecule has 4 N–H and O–H groups in total. The quantitative estimate of drug-likeness (QED) is 0.177. The van der Waals surface area contributed by atoms with Crippen molar-refractivity contribution < 1.29 is 12.9 Å². The zero-order chi connectivity index (χ0) is 24.1. The zero-order valence-corrected chi connectivity index (χ0v) is 19.2. The number of rotatable bonds is 10. The van der Waals surface area contributed by atoms with E-state index in [1.807, 2.05) is 48.5 Å². The second kappa shape index (κ2) is 10.6. The van der Waals surface area contributed by atoms with E-state index in [9.17, 15) is 13.8 Å². The molecule has 4 aromatic rings. The van der Waals surface area contributed by atoms with Gasteiger partial charge in [-0.1, -0.05) is 42.5 Å². The van der Waals surface area contributed by atoms with E-state index in [0.29, 0.717) is 36.5 Å². The minimum atomic E-state index is -2.40. The maximum absolute atomic E-state index is 13.3. The molecule has 1 unspecified atom stereocenters. The summed E-state index contributed by atoms with van der Waals surface area (Å²) in [5.41, 5.74) is 8.03. The van der Waals surface area contributed by atoms with E-state index in [1.165, 1.54) is 4.57 Å². The summed E-state index contributed by atoms with van der Waals surface area (Å²) in [7, 11) is 0. The Morgan fingerprint density at radius 3 is 2.53 bits per heavy atom. The van der Waals surface area contributed by atoms with E-state index >= 15 is 0 Å². The van der Waals surface area contributed by atoms with Gasteiger partial charge in [0, 0.05) is 25.2 Å². The fraction of sp³-hybridized carbons (Fsp3) is 0.261. The summed E-state index contributed by atoms with van der Waals surface area (Å²) in [4.78, 5) is 34.1. The van der Waals surface area contributed by atoms with Crippen LogP contribution in [0, 0.1) is 0 Å². The topological polar surface area (TPSA) is 145 Å². The van der Waals surface area contributed by atoms with E-state index in [0.717, 1.165) is 15.7 Å². The predicted octanol–water partition coefficient (Wildman–Crippen LogP) is 1.85. The Bertz CT molecular complexity index is 1430. The monoisotopic (exact) mass is 483 g/mol. The highest BCUT2D eigenvalue weighted by atomic mass is 32.2. The van der Waals surface area contributed by atoms with Gasteiger partial charge in [0.2, 0.25) is 0 Å². The van der Waals surface area contributed by atoms with Gasteiger partial charge in [-0.05, 0) is 36.1 Å². The number of hydrogen-bond donors (Lipinski definition) is 3. The number of aromatic nitrogens is 4. The van der Waals surface area contributed by atoms with Crippen molar-refractivity contribution in [2.45, 2.75) is 32.4 Å². The Balaban J connectivity index is 1.71. The summed E-state index contributed by atoms with van der Waals surface area (Å²) in [6, 6.07) is 17.1. The molecule has 0 saturated carbocycles. The number of anilines is 1. The lowest BCUT2D eigenvalue weighted by atomic mass is 10.1. The van der Waals surface area contributed by atoms with Gasteiger partial charge >= 0.3 is 17.1 Å².